The van der Waals surface area contributed by atoms with Crippen LogP contribution in [-0.2, 0) is 26.2 Å². The summed E-state index contributed by atoms with van der Waals surface area (Å²) in [5.74, 6) is 0. The fourth-order valence-corrected chi connectivity index (χ4v) is 2.09. The van der Waals surface area contributed by atoms with Crippen molar-refractivity contribution in [1.29, 1.82) is 0 Å². The molecule has 0 atom stereocenters. The van der Waals surface area contributed by atoms with Gasteiger partial charge in [0.2, 0.25) is 0 Å². The molecule has 4 N–H and O–H groups in total. The van der Waals surface area contributed by atoms with Crippen LogP contribution in [0.3, 0.4) is 0 Å². The Morgan fingerprint density at radius 1 is 0.885 bits per heavy atom. The number of allylic oxidation sites excluding steroid dienone is 12. The van der Waals surface area contributed by atoms with Crippen molar-refractivity contribution in [2.24, 2.45) is 5.41 Å². The van der Waals surface area contributed by atoms with Crippen molar-refractivity contribution in [3.05, 3.63) is 83.7 Å². The van der Waals surface area contributed by atoms with Gasteiger partial charge in [-0.1, -0.05) is 46.2 Å². The van der Waals surface area contributed by atoms with E-state index in [4.69, 9.17) is 0 Å². The van der Waals surface area contributed by atoms with Gasteiger partial charge in [-0.3, -0.25) is 18.2 Å². The van der Waals surface area contributed by atoms with Crippen molar-refractivity contribution in [3.63, 3.8) is 0 Å². The van der Waals surface area contributed by atoms with E-state index < -0.39 is 0 Å². The van der Waals surface area contributed by atoms with Crippen LogP contribution in [0.2, 0.25) is 13.1 Å². The molecule has 26 heavy (non-hydrogen) atoms. The maximum Gasteiger partial charge on any atom is 2.00 e. The summed E-state index contributed by atoms with van der Waals surface area (Å²) in [5.41, 5.74) is 4.39. The van der Waals surface area contributed by atoms with Crippen LogP contribution in [0.4, 0.5) is 0 Å². The minimum Gasteiger partial charge on any atom is -0.693 e. The molecule has 1 radical (unpaired) electrons. The van der Waals surface area contributed by atoms with Crippen LogP contribution in [0.5, 0.6) is 0 Å². The molecule has 0 aromatic rings. The second kappa shape index (κ2) is 19.2. The van der Waals surface area contributed by atoms with Gasteiger partial charge in [0.1, 0.15) is 0 Å². The van der Waals surface area contributed by atoms with E-state index in [0.29, 0.717) is 0 Å². The molecule has 3 rings (SSSR count). The van der Waals surface area contributed by atoms with Crippen LogP contribution in [0.1, 0.15) is 47.5 Å². The summed E-state index contributed by atoms with van der Waals surface area (Å²) in [5, 5.41) is 0. The zero-order chi connectivity index (χ0) is 17.7. The summed E-state index contributed by atoms with van der Waals surface area (Å²) in [7, 11) is 0.750. The summed E-state index contributed by atoms with van der Waals surface area (Å²) in [6.45, 7) is 15.3. The van der Waals surface area contributed by atoms with Gasteiger partial charge >= 0.3 is 26.2 Å². The zero-order valence-corrected chi connectivity index (χ0v) is 21.2. The minimum atomic E-state index is 0. The maximum atomic E-state index is 3.44. The summed E-state index contributed by atoms with van der Waals surface area (Å²) < 4.78 is 0. The van der Waals surface area contributed by atoms with Crippen LogP contribution in [-0.4, -0.2) is 9.52 Å². The van der Waals surface area contributed by atoms with Crippen molar-refractivity contribution in [2.75, 3.05) is 0 Å². The molecule has 3 aliphatic rings. The first kappa shape index (κ1) is 33.1. The number of hydrogen-bond donors (Lipinski definition) is 0. The van der Waals surface area contributed by atoms with E-state index in [1.807, 2.05) is 24.3 Å². The fourth-order valence-electron chi connectivity index (χ4n) is 2.09. The van der Waals surface area contributed by atoms with E-state index in [-0.39, 0.29) is 43.9 Å². The van der Waals surface area contributed by atoms with E-state index in [9.17, 15) is 0 Å². The third-order valence-corrected chi connectivity index (χ3v) is 3.73. The second-order valence-corrected chi connectivity index (χ2v) is 7.36. The molecule has 145 valence electrons. The molecule has 0 heterocycles. The minimum absolute atomic E-state index is 0. The van der Waals surface area contributed by atoms with Gasteiger partial charge in [0.05, 0.1) is 0 Å². The Morgan fingerprint density at radius 2 is 1.27 bits per heavy atom. The molecule has 2 nitrogen and oxygen atoms in total. The smallest absolute Gasteiger partial charge is 0.693 e. The standard InChI is InChI=1S/C10H15.2C5H5.C2H7Si.2H2N.Zr/c1-7-6-10(4,5)9(3)8(7)2;2*1-2-4-5-3-1;1-3-2;;;/h1-5H3;2*1-3H,4H2;3H,1-2H3;2*1H2;/q3*-1;;2*-1;+2. The monoisotopic (exact) mass is 446 g/mol. The average molecular weight is 448 g/mol. The molecule has 0 aromatic carbocycles. The van der Waals surface area contributed by atoms with E-state index in [1.54, 1.807) is 0 Å². The first-order chi connectivity index (χ1) is 10.9. The van der Waals surface area contributed by atoms with E-state index in [1.165, 1.54) is 16.7 Å². The van der Waals surface area contributed by atoms with Crippen LogP contribution >= 0.6 is 0 Å². The third kappa shape index (κ3) is 14.6. The maximum absolute atomic E-state index is 3.44. The SMILES string of the molecule is CC1=[C-]C(C)(C)C(C)=C1C.C[SiH]C.[C-]1=CC=CC1.[C-]1=CC=CC1.[NH2-].[NH2-].[Zr+2]. The zero-order valence-electron chi connectivity index (χ0n) is 17.6. The first-order valence-electron chi connectivity index (χ1n) is 8.34. The molecule has 0 unspecified atom stereocenters. The van der Waals surface area contributed by atoms with Gasteiger partial charge in [-0.05, 0) is 0 Å². The molecule has 0 aromatic heterocycles. The molecule has 0 fully saturated rings. The first-order valence-corrected chi connectivity index (χ1v) is 10.6. The molecular weight excluding hydrogens is 412 g/mol. The fraction of sp³-hybridized carbons (Fsp3) is 0.455. The summed E-state index contributed by atoms with van der Waals surface area (Å²) >= 11 is 0. The molecule has 3 aliphatic carbocycles. The topological polar surface area (TPSA) is 67.0 Å². The molecular formula is C22H36N2SiZr-3. The molecule has 0 bridgehead atoms. The van der Waals surface area contributed by atoms with Crippen molar-refractivity contribution >= 4 is 9.52 Å². The van der Waals surface area contributed by atoms with Crippen molar-refractivity contribution in [1.82, 2.24) is 0 Å². The number of nitrogens with two attached hydrogens (primary N) is 2. The summed E-state index contributed by atoms with van der Waals surface area (Å²) in [6.07, 6.45) is 23.4. The summed E-state index contributed by atoms with van der Waals surface area (Å²) in [6, 6.07) is 0. The summed E-state index contributed by atoms with van der Waals surface area (Å²) in [4.78, 5) is 0. The second-order valence-electron chi connectivity index (χ2n) is 6.21. The Hall–Kier alpha value is -0.540. The molecule has 0 amide bonds. The van der Waals surface area contributed by atoms with Gasteiger partial charge in [0.15, 0.2) is 0 Å². The average Bonchev–Trinajstić information content (AvgIpc) is 3.24. The van der Waals surface area contributed by atoms with E-state index in [2.05, 4.69) is 78.1 Å². The van der Waals surface area contributed by atoms with Gasteiger partial charge in [0, 0.05) is 9.52 Å². The number of hydrogen-bond acceptors (Lipinski definition) is 0. The van der Waals surface area contributed by atoms with E-state index >= 15 is 0 Å². The van der Waals surface area contributed by atoms with Crippen molar-refractivity contribution < 1.29 is 26.2 Å². The van der Waals surface area contributed by atoms with Crippen molar-refractivity contribution in [3.8, 4) is 0 Å². The van der Waals surface area contributed by atoms with Crippen molar-refractivity contribution in [2.45, 2.75) is 60.6 Å². The van der Waals surface area contributed by atoms with Gasteiger partial charge in [0.25, 0.3) is 0 Å². The molecule has 0 saturated heterocycles. The largest absolute Gasteiger partial charge is 2.00 e. The normalized spacial score (nSPS) is 16.5. The van der Waals surface area contributed by atoms with Gasteiger partial charge < -0.3 is 12.3 Å². The molecule has 4 heteroatoms. The Kier molecular flexibility index (Phi) is 24.5. The third-order valence-electron chi connectivity index (χ3n) is 3.73. The Labute approximate surface area is 184 Å². The predicted octanol–water partition coefficient (Wildman–Crippen LogP) is 7.67. The van der Waals surface area contributed by atoms with Crippen LogP contribution in [0.15, 0.2) is 53.2 Å². The predicted molar refractivity (Wildman–Crippen MR) is 117 cm³/mol. The van der Waals surface area contributed by atoms with E-state index in [0.717, 1.165) is 22.4 Å². The molecule has 0 saturated carbocycles. The van der Waals surface area contributed by atoms with Gasteiger partial charge in [-0.25, -0.2) is 29.9 Å². The quantitative estimate of drug-likeness (QED) is 0.270. The number of rotatable bonds is 0. The van der Waals surface area contributed by atoms with Gasteiger partial charge in [-0.2, -0.15) is 23.3 Å². The van der Waals surface area contributed by atoms with Crippen LogP contribution in [0, 0.1) is 23.6 Å². The Bertz CT molecular complexity index is 482. The molecule has 0 spiro atoms. The molecule has 0 aliphatic heterocycles. The Balaban J connectivity index is -0.000000131. The van der Waals surface area contributed by atoms with Crippen LogP contribution in [0.25, 0.3) is 12.3 Å². The Morgan fingerprint density at radius 3 is 1.35 bits per heavy atom. The van der Waals surface area contributed by atoms with Crippen LogP contribution < -0.4 is 0 Å². The van der Waals surface area contributed by atoms with Gasteiger partial charge in [-0.15, -0.1) is 19.8 Å².